The lowest BCUT2D eigenvalue weighted by Crippen LogP contribution is -2.63. The van der Waals surface area contributed by atoms with Crippen LogP contribution in [-0.2, 0) is 16.4 Å². The number of hydrogen-bond acceptors (Lipinski definition) is 6. The maximum atomic E-state index is 14.0. The van der Waals surface area contributed by atoms with Gasteiger partial charge in [-0.05, 0) is 62.7 Å². The average molecular weight is 455 g/mol. The minimum Gasteiger partial charge on any atom is -0.508 e. The third-order valence-corrected chi connectivity index (χ3v) is 8.57. The normalized spacial score (nSPS) is 19.5. The van der Waals surface area contributed by atoms with Gasteiger partial charge in [0.15, 0.2) is 0 Å². The zero-order valence-corrected chi connectivity index (χ0v) is 19.3. The number of nitrogens with one attached hydrogen (secondary N) is 2. The summed E-state index contributed by atoms with van der Waals surface area (Å²) < 4.78 is 29.5. The van der Waals surface area contributed by atoms with Gasteiger partial charge in [0, 0.05) is 42.8 Å². The zero-order chi connectivity index (χ0) is 22.8. The minimum atomic E-state index is -3.82. The van der Waals surface area contributed by atoms with Crippen LogP contribution in [0.2, 0.25) is 0 Å². The van der Waals surface area contributed by atoms with E-state index in [9.17, 15) is 13.5 Å². The molecule has 0 radical (unpaired) electrons. The highest BCUT2D eigenvalue weighted by atomic mass is 32.2. The highest BCUT2D eigenvalue weighted by Gasteiger charge is 2.44. The molecule has 3 N–H and O–H groups in total. The molecule has 2 heterocycles. The van der Waals surface area contributed by atoms with Gasteiger partial charge in [0.25, 0.3) is 0 Å². The fourth-order valence-corrected chi connectivity index (χ4v) is 6.22. The minimum absolute atomic E-state index is 0.102. The van der Waals surface area contributed by atoms with Gasteiger partial charge in [0.05, 0.1) is 10.4 Å². The SMILES string of the molecule is CN(C(C)(Cc1ccc(O)cc1)C1CNCCCN1)S(=O)(=O)c1cccc2cnccc12. The first-order valence-electron chi connectivity index (χ1n) is 10.9. The third kappa shape index (κ3) is 4.36. The number of phenolic OH excluding ortho intramolecular Hbond substituents is 1. The zero-order valence-electron chi connectivity index (χ0n) is 18.5. The Hall–Kier alpha value is -2.52. The molecule has 2 atom stereocenters. The van der Waals surface area contributed by atoms with Crippen molar-refractivity contribution in [1.82, 2.24) is 19.9 Å². The molecule has 4 rings (SSSR count). The first-order chi connectivity index (χ1) is 15.3. The number of hydrogen-bond donors (Lipinski definition) is 3. The summed E-state index contributed by atoms with van der Waals surface area (Å²) in [5, 5.41) is 18.2. The Morgan fingerprint density at radius 2 is 1.94 bits per heavy atom. The summed E-state index contributed by atoms with van der Waals surface area (Å²) in [4.78, 5) is 4.41. The van der Waals surface area contributed by atoms with E-state index in [1.165, 1.54) is 4.31 Å². The molecule has 2 aromatic carbocycles. The molecule has 0 aliphatic carbocycles. The molecule has 1 saturated heterocycles. The highest BCUT2D eigenvalue weighted by Crippen LogP contribution is 2.33. The van der Waals surface area contributed by atoms with Crippen LogP contribution in [0.4, 0.5) is 0 Å². The Balaban J connectivity index is 1.79. The van der Waals surface area contributed by atoms with Crippen LogP contribution in [0.25, 0.3) is 10.8 Å². The largest absolute Gasteiger partial charge is 0.508 e. The number of rotatable bonds is 6. The predicted octanol–water partition coefficient (Wildman–Crippen LogP) is 2.51. The quantitative estimate of drug-likeness (QED) is 0.530. The molecule has 2 unspecified atom stereocenters. The number of sulfonamides is 1. The van der Waals surface area contributed by atoms with Crippen LogP contribution in [0, 0.1) is 0 Å². The van der Waals surface area contributed by atoms with Gasteiger partial charge >= 0.3 is 0 Å². The van der Waals surface area contributed by atoms with Crippen LogP contribution in [0.1, 0.15) is 18.9 Å². The molecule has 170 valence electrons. The van der Waals surface area contributed by atoms with Gasteiger partial charge in [0.1, 0.15) is 5.75 Å². The van der Waals surface area contributed by atoms with Gasteiger partial charge in [-0.1, -0.05) is 24.3 Å². The van der Waals surface area contributed by atoms with Gasteiger partial charge in [-0.3, -0.25) is 4.98 Å². The number of aromatic hydroxyl groups is 1. The standard InChI is InChI=1S/C24H30N4O3S/c1-24(23-17-25-12-4-13-27-23,15-18-7-9-20(29)10-8-18)28(2)32(30,31)22-6-3-5-19-16-26-14-11-21(19)22/h3,5-11,14,16,23,25,27,29H,4,12-13,15,17H2,1-2H3. The molecular weight excluding hydrogens is 424 g/mol. The molecule has 0 saturated carbocycles. The number of pyridine rings is 1. The van der Waals surface area contributed by atoms with Crippen molar-refractivity contribution in [2.75, 3.05) is 26.7 Å². The number of phenols is 1. The number of benzene rings is 2. The van der Waals surface area contributed by atoms with Crippen molar-refractivity contribution in [3.63, 3.8) is 0 Å². The number of aromatic nitrogens is 1. The molecule has 1 aromatic heterocycles. The monoisotopic (exact) mass is 454 g/mol. The van der Waals surface area contributed by atoms with Gasteiger partial charge in [-0.15, -0.1) is 0 Å². The second-order valence-corrected chi connectivity index (χ2v) is 10.5. The summed E-state index contributed by atoms with van der Waals surface area (Å²) >= 11 is 0. The molecule has 0 spiro atoms. The van der Waals surface area contributed by atoms with Crippen LogP contribution in [-0.4, -0.2) is 61.1 Å². The molecule has 0 amide bonds. The molecule has 32 heavy (non-hydrogen) atoms. The van der Waals surface area contributed by atoms with E-state index in [-0.39, 0.29) is 16.7 Å². The fourth-order valence-electron chi connectivity index (χ4n) is 4.47. The number of likely N-dealkylation sites (N-methyl/N-ethyl adjacent to an activating group) is 1. The van der Waals surface area contributed by atoms with Crippen LogP contribution in [0.15, 0.2) is 65.8 Å². The first kappa shape index (κ1) is 22.7. The molecule has 8 heteroatoms. The van der Waals surface area contributed by atoms with E-state index in [4.69, 9.17) is 0 Å². The van der Waals surface area contributed by atoms with Crippen LogP contribution >= 0.6 is 0 Å². The smallest absolute Gasteiger partial charge is 0.243 e. The topological polar surface area (TPSA) is 94.6 Å². The van der Waals surface area contributed by atoms with Gasteiger partial charge in [0.2, 0.25) is 10.0 Å². The molecule has 7 nitrogen and oxygen atoms in total. The van der Waals surface area contributed by atoms with E-state index in [2.05, 4.69) is 15.6 Å². The molecular formula is C24H30N4O3S. The van der Waals surface area contributed by atoms with E-state index in [0.717, 1.165) is 30.5 Å². The van der Waals surface area contributed by atoms with Crippen molar-refractivity contribution in [3.05, 3.63) is 66.5 Å². The van der Waals surface area contributed by atoms with Crippen molar-refractivity contribution >= 4 is 20.8 Å². The fraction of sp³-hybridized carbons (Fsp3) is 0.375. The van der Waals surface area contributed by atoms with E-state index in [1.807, 2.05) is 25.1 Å². The Kier molecular flexibility index (Phi) is 6.48. The van der Waals surface area contributed by atoms with E-state index >= 15 is 0 Å². The summed E-state index contributed by atoms with van der Waals surface area (Å²) in [7, 11) is -2.16. The van der Waals surface area contributed by atoms with Crippen molar-refractivity contribution in [2.24, 2.45) is 0 Å². The van der Waals surface area contributed by atoms with Crippen molar-refractivity contribution in [2.45, 2.75) is 36.2 Å². The van der Waals surface area contributed by atoms with Crippen molar-refractivity contribution in [1.29, 1.82) is 0 Å². The summed E-state index contributed by atoms with van der Waals surface area (Å²) in [6.07, 6.45) is 4.78. The molecule has 1 aliphatic rings. The van der Waals surface area contributed by atoms with Crippen molar-refractivity contribution < 1.29 is 13.5 Å². The van der Waals surface area contributed by atoms with Gasteiger partial charge in [-0.2, -0.15) is 4.31 Å². The van der Waals surface area contributed by atoms with Gasteiger partial charge < -0.3 is 15.7 Å². The predicted molar refractivity (Wildman–Crippen MR) is 126 cm³/mol. The maximum absolute atomic E-state index is 14.0. The second kappa shape index (κ2) is 9.15. The molecule has 3 aromatic rings. The second-order valence-electron chi connectivity index (χ2n) is 8.59. The summed E-state index contributed by atoms with van der Waals surface area (Å²) in [5.41, 5.74) is 0.197. The summed E-state index contributed by atoms with van der Waals surface area (Å²) in [5.74, 6) is 0.190. The third-order valence-electron chi connectivity index (χ3n) is 6.52. The Labute approximate surface area is 189 Å². The lowest BCUT2D eigenvalue weighted by molar-refractivity contribution is 0.172. The number of nitrogens with zero attached hydrogens (tertiary/aromatic N) is 2. The van der Waals surface area contributed by atoms with E-state index < -0.39 is 15.6 Å². The van der Waals surface area contributed by atoms with Gasteiger partial charge in [-0.25, -0.2) is 8.42 Å². The summed E-state index contributed by atoms with van der Waals surface area (Å²) in [6, 6.07) is 13.9. The maximum Gasteiger partial charge on any atom is 0.243 e. The average Bonchev–Trinajstić information content (AvgIpc) is 3.10. The lowest BCUT2D eigenvalue weighted by atomic mass is 9.85. The number of fused-ring (bicyclic) bond motifs is 1. The lowest BCUT2D eigenvalue weighted by Gasteiger charge is -2.44. The molecule has 1 fully saturated rings. The van der Waals surface area contributed by atoms with E-state index in [1.54, 1.807) is 49.8 Å². The Morgan fingerprint density at radius 3 is 2.72 bits per heavy atom. The van der Waals surface area contributed by atoms with Crippen LogP contribution < -0.4 is 10.6 Å². The van der Waals surface area contributed by atoms with Crippen molar-refractivity contribution in [3.8, 4) is 5.75 Å². The van der Waals surface area contributed by atoms with E-state index in [0.29, 0.717) is 18.4 Å². The Morgan fingerprint density at radius 1 is 1.16 bits per heavy atom. The Bertz CT molecular complexity index is 1170. The molecule has 0 bridgehead atoms. The first-order valence-corrected chi connectivity index (χ1v) is 12.3. The van der Waals surface area contributed by atoms with Crippen LogP contribution in [0.3, 0.4) is 0 Å². The summed E-state index contributed by atoms with van der Waals surface area (Å²) in [6.45, 7) is 4.37. The van der Waals surface area contributed by atoms with Crippen LogP contribution in [0.5, 0.6) is 5.75 Å². The molecule has 1 aliphatic heterocycles. The highest BCUT2D eigenvalue weighted by molar-refractivity contribution is 7.89.